The van der Waals surface area contributed by atoms with Gasteiger partial charge in [-0.15, -0.1) is 0 Å². The molecule has 0 aliphatic heterocycles. The van der Waals surface area contributed by atoms with Crippen LogP contribution in [0, 0.1) is 5.82 Å². The summed E-state index contributed by atoms with van der Waals surface area (Å²) < 4.78 is 13.5. The molecular weight excluding hydrogens is 283 g/mol. The fraction of sp³-hybridized carbons (Fsp3) is 0.312. The number of hydrogen-bond acceptors (Lipinski definition) is 4. The van der Waals surface area contributed by atoms with Crippen LogP contribution >= 0.6 is 0 Å². The first-order valence-corrected chi connectivity index (χ1v) is 7.32. The van der Waals surface area contributed by atoms with Gasteiger partial charge < -0.3 is 10.6 Å². The summed E-state index contributed by atoms with van der Waals surface area (Å²) in [5.41, 5.74) is 0.984. The van der Waals surface area contributed by atoms with Gasteiger partial charge in [-0.05, 0) is 30.9 Å². The molecule has 0 atom stereocenters. The maximum atomic E-state index is 13.5. The molecule has 0 spiro atoms. The van der Waals surface area contributed by atoms with Crippen LogP contribution in [-0.2, 0) is 6.42 Å². The summed E-state index contributed by atoms with van der Waals surface area (Å²) in [6.45, 7) is 0.363. The predicted molar refractivity (Wildman–Crippen MR) is 81.1 cm³/mol. The first kappa shape index (κ1) is 14.4. The van der Waals surface area contributed by atoms with Crippen LogP contribution in [0.3, 0.4) is 0 Å². The van der Waals surface area contributed by atoms with Crippen molar-refractivity contribution >= 4 is 11.9 Å². The van der Waals surface area contributed by atoms with E-state index in [-0.39, 0.29) is 11.7 Å². The molecule has 5 nitrogen and oxygen atoms in total. The largest absolute Gasteiger partial charge is 0.352 e. The molecule has 0 radical (unpaired) electrons. The molecule has 22 heavy (non-hydrogen) atoms. The number of nitrogens with one attached hydrogen (secondary N) is 2. The van der Waals surface area contributed by atoms with Crippen molar-refractivity contribution in [2.45, 2.75) is 25.3 Å². The summed E-state index contributed by atoms with van der Waals surface area (Å²) in [7, 11) is 0. The fourth-order valence-corrected chi connectivity index (χ4v) is 2.04. The van der Waals surface area contributed by atoms with Gasteiger partial charge in [-0.25, -0.2) is 14.4 Å². The van der Waals surface area contributed by atoms with Crippen molar-refractivity contribution < 1.29 is 9.18 Å². The lowest BCUT2D eigenvalue weighted by atomic mass is 10.1. The highest BCUT2D eigenvalue weighted by molar-refractivity contribution is 5.93. The molecule has 2 aromatic rings. The van der Waals surface area contributed by atoms with Crippen molar-refractivity contribution in [1.29, 1.82) is 0 Å². The number of nitrogens with zero attached hydrogens (tertiary/aromatic N) is 2. The van der Waals surface area contributed by atoms with Crippen LogP contribution in [0.2, 0.25) is 0 Å². The van der Waals surface area contributed by atoms with Crippen LogP contribution in [0.4, 0.5) is 10.3 Å². The van der Waals surface area contributed by atoms with Crippen LogP contribution in [0.5, 0.6) is 0 Å². The van der Waals surface area contributed by atoms with E-state index >= 15 is 0 Å². The number of halogens is 1. The van der Waals surface area contributed by atoms with Crippen LogP contribution in [-0.4, -0.2) is 28.5 Å². The lowest BCUT2D eigenvalue weighted by molar-refractivity contribution is 0.0953. The Bertz CT molecular complexity index is 655. The number of aromatic nitrogens is 2. The third-order valence-corrected chi connectivity index (χ3v) is 3.46. The predicted octanol–water partition coefficient (Wildman–Crippen LogP) is 2.16. The highest BCUT2D eigenvalue weighted by Gasteiger charge is 2.21. The van der Waals surface area contributed by atoms with E-state index in [1.165, 1.54) is 18.5 Å². The lowest BCUT2D eigenvalue weighted by Crippen LogP contribution is -2.26. The van der Waals surface area contributed by atoms with Gasteiger partial charge in [0.2, 0.25) is 5.95 Å². The lowest BCUT2D eigenvalue weighted by Gasteiger charge is -2.07. The summed E-state index contributed by atoms with van der Waals surface area (Å²) >= 11 is 0. The van der Waals surface area contributed by atoms with Crippen molar-refractivity contribution in [3.05, 3.63) is 53.6 Å². The van der Waals surface area contributed by atoms with Gasteiger partial charge in [-0.3, -0.25) is 4.79 Å². The van der Waals surface area contributed by atoms with Gasteiger partial charge >= 0.3 is 0 Å². The number of hydrogen-bond donors (Lipinski definition) is 2. The Hall–Kier alpha value is -2.50. The summed E-state index contributed by atoms with van der Waals surface area (Å²) in [6, 6.07) is 7.02. The first-order chi connectivity index (χ1) is 10.7. The standard InChI is InChI=1S/C16H17FN4O/c17-14-4-2-1-3-11(14)7-8-18-15(22)12-9-19-16(20-10-12)21-13-5-6-13/h1-4,9-10,13H,5-8H2,(H,18,22)(H,19,20,21). The average Bonchev–Trinajstić information content (AvgIpc) is 3.34. The van der Waals surface area contributed by atoms with E-state index < -0.39 is 0 Å². The van der Waals surface area contributed by atoms with E-state index in [0.717, 1.165) is 12.8 Å². The topological polar surface area (TPSA) is 66.9 Å². The molecule has 1 fully saturated rings. The molecule has 2 N–H and O–H groups in total. The van der Waals surface area contributed by atoms with Gasteiger partial charge in [0.1, 0.15) is 5.82 Å². The van der Waals surface area contributed by atoms with Crippen LogP contribution in [0.1, 0.15) is 28.8 Å². The Labute approximate surface area is 128 Å². The van der Waals surface area contributed by atoms with Gasteiger partial charge in [0.05, 0.1) is 5.56 Å². The van der Waals surface area contributed by atoms with Crippen molar-refractivity contribution in [2.24, 2.45) is 0 Å². The molecule has 6 heteroatoms. The molecule has 1 saturated carbocycles. The second kappa shape index (κ2) is 6.51. The van der Waals surface area contributed by atoms with Gasteiger partial charge in [0.15, 0.2) is 0 Å². The maximum absolute atomic E-state index is 13.5. The Morgan fingerprint density at radius 1 is 1.23 bits per heavy atom. The third kappa shape index (κ3) is 3.78. The van der Waals surface area contributed by atoms with Crippen molar-refractivity contribution in [1.82, 2.24) is 15.3 Å². The van der Waals surface area contributed by atoms with E-state index in [9.17, 15) is 9.18 Å². The molecule has 0 bridgehead atoms. The highest BCUT2D eigenvalue weighted by Crippen LogP contribution is 2.22. The zero-order chi connectivity index (χ0) is 15.4. The molecule has 1 heterocycles. The zero-order valence-corrected chi connectivity index (χ0v) is 12.1. The monoisotopic (exact) mass is 300 g/mol. The van der Waals surface area contributed by atoms with E-state index in [1.807, 2.05) is 0 Å². The van der Waals surface area contributed by atoms with Gasteiger partial charge in [-0.1, -0.05) is 18.2 Å². The molecule has 114 valence electrons. The number of benzene rings is 1. The van der Waals surface area contributed by atoms with E-state index in [0.29, 0.717) is 36.1 Å². The minimum Gasteiger partial charge on any atom is -0.352 e. The number of amides is 1. The van der Waals surface area contributed by atoms with Crippen LogP contribution in [0.15, 0.2) is 36.7 Å². The smallest absolute Gasteiger partial charge is 0.254 e. The number of carbonyl (C=O) groups excluding carboxylic acids is 1. The second-order valence-corrected chi connectivity index (χ2v) is 5.31. The Morgan fingerprint density at radius 3 is 2.64 bits per heavy atom. The van der Waals surface area contributed by atoms with E-state index in [2.05, 4.69) is 20.6 Å². The van der Waals surface area contributed by atoms with Crippen molar-refractivity contribution in [3.8, 4) is 0 Å². The average molecular weight is 300 g/mol. The summed E-state index contributed by atoms with van der Waals surface area (Å²) in [5, 5.41) is 5.90. The summed E-state index contributed by atoms with van der Waals surface area (Å²) in [5.74, 6) is 0.0373. The number of anilines is 1. The summed E-state index contributed by atoms with van der Waals surface area (Å²) in [4.78, 5) is 20.2. The fourth-order valence-electron chi connectivity index (χ4n) is 2.04. The SMILES string of the molecule is O=C(NCCc1ccccc1F)c1cnc(NC2CC2)nc1. The second-order valence-electron chi connectivity index (χ2n) is 5.31. The maximum Gasteiger partial charge on any atom is 0.254 e. The number of carbonyl (C=O) groups is 1. The van der Waals surface area contributed by atoms with Crippen molar-refractivity contribution in [3.63, 3.8) is 0 Å². The van der Waals surface area contributed by atoms with Gasteiger partial charge in [-0.2, -0.15) is 0 Å². The number of rotatable bonds is 6. The Balaban J connectivity index is 1.50. The Morgan fingerprint density at radius 2 is 1.95 bits per heavy atom. The van der Waals surface area contributed by atoms with Gasteiger partial charge in [0.25, 0.3) is 5.91 Å². The minimum atomic E-state index is -0.255. The molecule has 1 aromatic heterocycles. The zero-order valence-electron chi connectivity index (χ0n) is 12.1. The molecule has 1 amide bonds. The normalized spacial score (nSPS) is 13.7. The third-order valence-electron chi connectivity index (χ3n) is 3.46. The van der Waals surface area contributed by atoms with Crippen LogP contribution < -0.4 is 10.6 Å². The molecular formula is C16H17FN4O. The minimum absolute atomic E-state index is 0.254. The molecule has 3 rings (SSSR count). The van der Waals surface area contributed by atoms with E-state index in [4.69, 9.17) is 0 Å². The van der Waals surface area contributed by atoms with Crippen LogP contribution in [0.25, 0.3) is 0 Å². The molecule has 1 aliphatic rings. The van der Waals surface area contributed by atoms with Gasteiger partial charge in [0, 0.05) is 25.0 Å². The van der Waals surface area contributed by atoms with E-state index in [1.54, 1.807) is 18.2 Å². The Kier molecular flexibility index (Phi) is 4.27. The van der Waals surface area contributed by atoms with Crippen molar-refractivity contribution in [2.75, 3.05) is 11.9 Å². The summed E-state index contributed by atoms with van der Waals surface area (Å²) in [6.07, 6.45) is 5.72. The molecule has 0 saturated heterocycles. The quantitative estimate of drug-likeness (QED) is 0.858. The molecule has 0 unspecified atom stereocenters. The highest BCUT2D eigenvalue weighted by atomic mass is 19.1. The molecule has 1 aliphatic carbocycles. The molecule has 1 aromatic carbocycles. The first-order valence-electron chi connectivity index (χ1n) is 7.32.